The summed E-state index contributed by atoms with van der Waals surface area (Å²) in [6.45, 7) is 3.68. The SMILES string of the molecule is O=C(O)CNCC1CCCN(Cc2ccc(Cl)c(Cl)c2)C1. The van der Waals surface area contributed by atoms with Gasteiger partial charge in [0.25, 0.3) is 0 Å². The largest absolute Gasteiger partial charge is 0.480 e. The van der Waals surface area contributed by atoms with Crippen LogP contribution in [0.1, 0.15) is 18.4 Å². The highest BCUT2D eigenvalue weighted by Crippen LogP contribution is 2.24. The van der Waals surface area contributed by atoms with Gasteiger partial charge in [0.15, 0.2) is 0 Å². The average Bonchev–Trinajstić information content (AvgIpc) is 2.43. The zero-order chi connectivity index (χ0) is 15.2. The van der Waals surface area contributed by atoms with Crippen molar-refractivity contribution in [3.63, 3.8) is 0 Å². The van der Waals surface area contributed by atoms with Gasteiger partial charge in [0.05, 0.1) is 16.6 Å². The molecule has 2 rings (SSSR count). The van der Waals surface area contributed by atoms with Crippen LogP contribution in [-0.2, 0) is 11.3 Å². The van der Waals surface area contributed by atoms with E-state index >= 15 is 0 Å². The normalized spacial score (nSPS) is 19.6. The van der Waals surface area contributed by atoms with E-state index in [9.17, 15) is 4.79 Å². The smallest absolute Gasteiger partial charge is 0.317 e. The number of aliphatic carboxylic acids is 1. The number of benzene rings is 1. The van der Waals surface area contributed by atoms with Crippen molar-refractivity contribution < 1.29 is 9.90 Å². The molecule has 0 bridgehead atoms. The van der Waals surface area contributed by atoms with Gasteiger partial charge in [-0.15, -0.1) is 0 Å². The number of piperidine rings is 1. The molecule has 1 aliphatic heterocycles. The number of nitrogens with zero attached hydrogens (tertiary/aromatic N) is 1. The maximum atomic E-state index is 10.5. The molecule has 1 unspecified atom stereocenters. The Morgan fingerprint density at radius 2 is 2.19 bits per heavy atom. The third kappa shape index (κ3) is 5.47. The van der Waals surface area contributed by atoms with Gasteiger partial charge in [-0.25, -0.2) is 0 Å². The van der Waals surface area contributed by atoms with Gasteiger partial charge >= 0.3 is 5.97 Å². The second kappa shape index (κ2) is 7.99. The summed E-state index contributed by atoms with van der Waals surface area (Å²) in [4.78, 5) is 12.9. The van der Waals surface area contributed by atoms with E-state index in [1.54, 1.807) is 0 Å². The highest BCUT2D eigenvalue weighted by Gasteiger charge is 2.20. The topological polar surface area (TPSA) is 52.6 Å². The van der Waals surface area contributed by atoms with Crippen LogP contribution in [-0.4, -0.2) is 42.2 Å². The molecule has 0 amide bonds. The third-order valence-corrected chi connectivity index (χ3v) is 4.44. The summed E-state index contributed by atoms with van der Waals surface area (Å²) in [5.41, 5.74) is 1.16. The van der Waals surface area contributed by atoms with Crippen molar-refractivity contribution in [3.8, 4) is 0 Å². The molecule has 6 heteroatoms. The minimum Gasteiger partial charge on any atom is -0.480 e. The van der Waals surface area contributed by atoms with E-state index in [-0.39, 0.29) is 6.54 Å². The van der Waals surface area contributed by atoms with Gasteiger partial charge in [-0.2, -0.15) is 0 Å². The lowest BCUT2D eigenvalue weighted by molar-refractivity contribution is -0.136. The quantitative estimate of drug-likeness (QED) is 0.842. The summed E-state index contributed by atoms with van der Waals surface area (Å²) in [7, 11) is 0. The molecule has 0 spiro atoms. The monoisotopic (exact) mass is 330 g/mol. The van der Waals surface area contributed by atoms with Crippen molar-refractivity contribution in [2.24, 2.45) is 5.92 Å². The Hall–Kier alpha value is -0.810. The van der Waals surface area contributed by atoms with Crippen LogP contribution >= 0.6 is 23.2 Å². The van der Waals surface area contributed by atoms with Crippen LogP contribution in [0.3, 0.4) is 0 Å². The second-order valence-electron chi connectivity index (χ2n) is 5.52. The van der Waals surface area contributed by atoms with Crippen molar-refractivity contribution in [2.75, 3.05) is 26.2 Å². The number of rotatable bonds is 6. The molecular formula is C15H20Cl2N2O2. The van der Waals surface area contributed by atoms with Crippen LogP contribution in [0.4, 0.5) is 0 Å². The molecule has 0 aromatic heterocycles. The molecule has 0 saturated carbocycles. The lowest BCUT2D eigenvalue weighted by Gasteiger charge is -2.32. The summed E-state index contributed by atoms with van der Waals surface area (Å²) >= 11 is 12.0. The zero-order valence-corrected chi connectivity index (χ0v) is 13.3. The van der Waals surface area contributed by atoms with Crippen molar-refractivity contribution in [2.45, 2.75) is 19.4 Å². The van der Waals surface area contributed by atoms with Crippen LogP contribution in [0, 0.1) is 5.92 Å². The van der Waals surface area contributed by atoms with Gasteiger partial charge in [0, 0.05) is 13.1 Å². The molecule has 1 saturated heterocycles. The first-order chi connectivity index (χ1) is 10.0. The number of halogens is 2. The van der Waals surface area contributed by atoms with Crippen LogP contribution < -0.4 is 5.32 Å². The fourth-order valence-electron chi connectivity index (χ4n) is 2.74. The number of hydrogen-bond donors (Lipinski definition) is 2. The summed E-state index contributed by atoms with van der Waals surface area (Å²) < 4.78 is 0. The lowest BCUT2D eigenvalue weighted by Crippen LogP contribution is -2.40. The Morgan fingerprint density at radius 3 is 2.90 bits per heavy atom. The molecule has 4 nitrogen and oxygen atoms in total. The minimum absolute atomic E-state index is 0.0310. The second-order valence-corrected chi connectivity index (χ2v) is 6.33. The molecule has 1 aromatic carbocycles. The molecule has 1 atom stereocenters. The molecule has 1 aromatic rings. The van der Waals surface area contributed by atoms with E-state index in [4.69, 9.17) is 28.3 Å². The number of carboxylic acids is 1. The highest BCUT2D eigenvalue weighted by atomic mass is 35.5. The Labute approximate surface area is 135 Å². The van der Waals surface area contributed by atoms with Gasteiger partial charge in [-0.1, -0.05) is 29.3 Å². The molecule has 2 N–H and O–H groups in total. The van der Waals surface area contributed by atoms with Crippen LogP contribution in [0.25, 0.3) is 0 Å². The summed E-state index contributed by atoms with van der Waals surface area (Å²) in [6, 6.07) is 5.74. The van der Waals surface area contributed by atoms with Crippen molar-refractivity contribution in [3.05, 3.63) is 33.8 Å². The van der Waals surface area contributed by atoms with Crippen LogP contribution in [0.15, 0.2) is 18.2 Å². The number of hydrogen-bond acceptors (Lipinski definition) is 3. The van der Waals surface area contributed by atoms with Crippen molar-refractivity contribution in [1.82, 2.24) is 10.2 Å². The van der Waals surface area contributed by atoms with E-state index in [0.717, 1.165) is 44.6 Å². The molecule has 1 fully saturated rings. The fraction of sp³-hybridized carbons (Fsp3) is 0.533. The maximum Gasteiger partial charge on any atom is 0.317 e. The molecule has 116 valence electrons. The van der Waals surface area contributed by atoms with Crippen molar-refractivity contribution in [1.29, 1.82) is 0 Å². The van der Waals surface area contributed by atoms with Crippen LogP contribution in [0.5, 0.6) is 0 Å². The Kier molecular flexibility index (Phi) is 6.30. The van der Waals surface area contributed by atoms with Gasteiger partial charge in [-0.05, 0) is 49.5 Å². The molecular weight excluding hydrogens is 311 g/mol. The Balaban J connectivity index is 1.83. The first-order valence-electron chi connectivity index (χ1n) is 7.13. The predicted octanol–water partition coefficient (Wildman–Crippen LogP) is 2.88. The van der Waals surface area contributed by atoms with E-state index in [1.165, 1.54) is 0 Å². The lowest BCUT2D eigenvalue weighted by atomic mass is 9.97. The van der Waals surface area contributed by atoms with E-state index in [2.05, 4.69) is 10.2 Å². The van der Waals surface area contributed by atoms with Gasteiger partial charge in [-0.3, -0.25) is 9.69 Å². The third-order valence-electron chi connectivity index (χ3n) is 3.70. The molecule has 21 heavy (non-hydrogen) atoms. The van der Waals surface area contributed by atoms with Crippen molar-refractivity contribution >= 4 is 29.2 Å². The number of likely N-dealkylation sites (tertiary alicyclic amines) is 1. The maximum absolute atomic E-state index is 10.5. The fourth-order valence-corrected chi connectivity index (χ4v) is 3.06. The number of nitrogens with one attached hydrogen (secondary N) is 1. The highest BCUT2D eigenvalue weighted by molar-refractivity contribution is 6.42. The standard InChI is InChI=1S/C15H20Cl2N2O2/c16-13-4-3-11(6-14(13)17)9-19-5-1-2-12(10-19)7-18-8-15(20)21/h3-4,6,12,18H,1-2,5,7-10H2,(H,20,21). The average molecular weight is 331 g/mol. The molecule has 1 aliphatic rings. The molecule has 0 radical (unpaired) electrons. The van der Waals surface area contributed by atoms with E-state index < -0.39 is 5.97 Å². The van der Waals surface area contributed by atoms with Crippen LogP contribution in [0.2, 0.25) is 10.0 Å². The molecule has 0 aliphatic carbocycles. The summed E-state index contributed by atoms with van der Waals surface area (Å²) in [5, 5.41) is 12.8. The van der Waals surface area contributed by atoms with E-state index in [0.29, 0.717) is 16.0 Å². The number of carbonyl (C=O) groups is 1. The first kappa shape index (κ1) is 16.6. The zero-order valence-electron chi connectivity index (χ0n) is 11.8. The minimum atomic E-state index is -0.807. The molecule has 1 heterocycles. The van der Waals surface area contributed by atoms with Gasteiger partial charge < -0.3 is 10.4 Å². The Morgan fingerprint density at radius 1 is 1.38 bits per heavy atom. The van der Waals surface area contributed by atoms with Gasteiger partial charge in [0.2, 0.25) is 0 Å². The first-order valence-corrected chi connectivity index (χ1v) is 7.89. The summed E-state index contributed by atoms with van der Waals surface area (Å²) in [6.07, 6.45) is 2.28. The Bertz CT molecular complexity index is 497. The van der Waals surface area contributed by atoms with E-state index in [1.807, 2.05) is 18.2 Å². The summed E-state index contributed by atoms with van der Waals surface area (Å²) in [5.74, 6) is -0.306. The predicted molar refractivity (Wildman–Crippen MR) is 85.0 cm³/mol. The number of carboxylic acid groups (broad SMARTS) is 1. The van der Waals surface area contributed by atoms with Gasteiger partial charge in [0.1, 0.15) is 0 Å².